The lowest BCUT2D eigenvalue weighted by atomic mass is 9.79. The zero-order chi connectivity index (χ0) is 18.2. The van der Waals surface area contributed by atoms with Gasteiger partial charge >= 0.3 is 0 Å². The minimum Gasteiger partial charge on any atom is -0.260 e. The first kappa shape index (κ1) is 19.1. The second kappa shape index (κ2) is 9.90. The first-order valence-corrected chi connectivity index (χ1v) is 10.9. The van der Waals surface area contributed by atoms with Crippen molar-refractivity contribution in [3.63, 3.8) is 0 Å². The van der Waals surface area contributed by atoms with Crippen LogP contribution in [0.4, 0.5) is 0 Å². The highest BCUT2D eigenvalue weighted by atomic mass is 14.7. The third kappa shape index (κ3) is 5.19. The number of benzene rings is 1. The van der Waals surface area contributed by atoms with E-state index in [0.29, 0.717) is 5.92 Å². The van der Waals surface area contributed by atoms with Crippen molar-refractivity contribution in [1.82, 2.24) is 4.98 Å². The summed E-state index contributed by atoms with van der Waals surface area (Å²) < 4.78 is 0. The summed E-state index contributed by atoms with van der Waals surface area (Å²) in [5.41, 5.74) is 5.29. The zero-order valence-corrected chi connectivity index (χ0v) is 16.7. The molecule has 1 heterocycles. The summed E-state index contributed by atoms with van der Waals surface area (Å²) >= 11 is 0. The van der Waals surface area contributed by atoms with Crippen LogP contribution in [0.3, 0.4) is 0 Å². The van der Waals surface area contributed by atoms with Crippen molar-refractivity contribution in [2.75, 3.05) is 0 Å². The Bertz CT molecular complexity index is 633. The minimum atomic E-state index is 0.678. The third-order valence-corrected chi connectivity index (χ3v) is 6.24. The van der Waals surface area contributed by atoms with E-state index in [9.17, 15) is 0 Å². The molecule has 0 bridgehead atoms. The fraction of sp³-hybridized carbons (Fsp3) is 0.560. The Morgan fingerprint density at radius 3 is 2.15 bits per heavy atom. The molecule has 0 radical (unpaired) electrons. The van der Waals surface area contributed by atoms with Crippen LogP contribution in [-0.2, 0) is 6.42 Å². The summed E-state index contributed by atoms with van der Waals surface area (Å²) in [4.78, 5) is 4.82. The summed E-state index contributed by atoms with van der Waals surface area (Å²) in [5, 5.41) is 0. The van der Waals surface area contributed by atoms with Crippen molar-refractivity contribution in [3.8, 4) is 11.1 Å². The second-order valence-electron chi connectivity index (χ2n) is 8.11. The van der Waals surface area contributed by atoms with Crippen LogP contribution in [0.25, 0.3) is 11.1 Å². The van der Waals surface area contributed by atoms with Gasteiger partial charge in [0.15, 0.2) is 0 Å². The van der Waals surface area contributed by atoms with Crippen LogP contribution >= 0.6 is 0 Å². The van der Waals surface area contributed by atoms with Crippen molar-refractivity contribution in [2.45, 2.75) is 84.0 Å². The molecule has 2 aromatic rings. The molecule has 1 saturated carbocycles. The first-order valence-electron chi connectivity index (χ1n) is 10.9. The standard InChI is InChI=1S/C25H35N/c1-3-5-6-7-8-21-11-13-22(14-12-21)24-17-18-25(26-19-24)23-15-9-20(4-2)10-16-23/h11-14,17-20,23H,3-10,15-16H2,1-2H3/t20-,23-. The summed E-state index contributed by atoms with van der Waals surface area (Å²) in [6.07, 6.45) is 15.3. The lowest BCUT2D eigenvalue weighted by molar-refractivity contribution is 0.315. The monoisotopic (exact) mass is 349 g/mol. The van der Waals surface area contributed by atoms with E-state index in [1.165, 1.54) is 86.6 Å². The topological polar surface area (TPSA) is 12.9 Å². The number of rotatable bonds is 8. The lowest BCUT2D eigenvalue weighted by Gasteiger charge is -2.27. The molecule has 0 unspecified atom stereocenters. The van der Waals surface area contributed by atoms with E-state index in [1.54, 1.807) is 0 Å². The number of pyridine rings is 1. The Balaban J connectivity index is 1.56. The van der Waals surface area contributed by atoms with E-state index in [2.05, 4.69) is 56.4 Å². The molecule has 0 amide bonds. The van der Waals surface area contributed by atoms with E-state index in [-0.39, 0.29) is 0 Å². The smallest absolute Gasteiger partial charge is 0.0434 e. The highest BCUT2D eigenvalue weighted by Gasteiger charge is 2.22. The number of hydrogen-bond acceptors (Lipinski definition) is 1. The Kier molecular flexibility index (Phi) is 7.29. The average Bonchev–Trinajstić information content (AvgIpc) is 2.72. The molecule has 0 N–H and O–H groups in total. The molecule has 0 spiro atoms. The van der Waals surface area contributed by atoms with Crippen molar-refractivity contribution >= 4 is 0 Å². The van der Waals surface area contributed by atoms with Crippen LogP contribution in [0.5, 0.6) is 0 Å². The fourth-order valence-electron chi connectivity index (χ4n) is 4.30. The quantitative estimate of drug-likeness (QED) is 0.448. The molecule has 0 saturated heterocycles. The largest absolute Gasteiger partial charge is 0.260 e. The van der Waals surface area contributed by atoms with Crippen LogP contribution < -0.4 is 0 Å². The van der Waals surface area contributed by atoms with Gasteiger partial charge in [-0.3, -0.25) is 4.98 Å². The van der Waals surface area contributed by atoms with Gasteiger partial charge < -0.3 is 0 Å². The van der Waals surface area contributed by atoms with E-state index >= 15 is 0 Å². The predicted molar refractivity (Wildman–Crippen MR) is 113 cm³/mol. The molecule has 1 nitrogen and oxygen atoms in total. The molecule has 3 rings (SSSR count). The molecular formula is C25H35N. The van der Waals surface area contributed by atoms with Gasteiger partial charge in [-0.1, -0.05) is 69.9 Å². The fourth-order valence-corrected chi connectivity index (χ4v) is 4.30. The number of nitrogens with zero attached hydrogens (tertiary/aromatic N) is 1. The lowest BCUT2D eigenvalue weighted by Crippen LogP contribution is -2.13. The van der Waals surface area contributed by atoms with Crippen molar-refractivity contribution < 1.29 is 0 Å². The first-order chi connectivity index (χ1) is 12.8. The molecule has 1 heteroatoms. The minimum absolute atomic E-state index is 0.678. The van der Waals surface area contributed by atoms with Gasteiger partial charge in [-0.25, -0.2) is 0 Å². The maximum Gasteiger partial charge on any atom is 0.0434 e. The van der Waals surface area contributed by atoms with Gasteiger partial charge in [0, 0.05) is 23.4 Å². The van der Waals surface area contributed by atoms with E-state index in [4.69, 9.17) is 4.98 Å². The molecule has 1 aromatic carbocycles. The summed E-state index contributed by atoms with van der Waals surface area (Å²) in [7, 11) is 0. The summed E-state index contributed by atoms with van der Waals surface area (Å²) in [5.74, 6) is 1.63. The molecule has 0 aliphatic heterocycles. The Hall–Kier alpha value is -1.63. The van der Waals surface area contributed by atoms with E-state index in [1.807, 2.05) is 0 Å². The van der Waals surface area contributed by atoms with Crippen LogP contribution in [0.15, 0.2) is 42.6 Å². The number of aryl methyl sites for hydroxylation is 1. The van der Waals surface area contributed by atoms with Crippen LogP contribution in [0.1, 0.15) is 88.8 Å². The number of aromatic nitrogens is 1. The Labute approximate surface area is 160 Å². The van der Waals surface area contributed by atoms with Gasteiger partial charge in [0.25, 0.3) is 0 Å². The molecule has 1 aromatic heterocycles. The summed E-state index contributed by atoms with van der Waals surface area (Å²) in [6, 6.07) is 13.6. The maximum atomic E-state index is 4.82. The zero-order valence-electron chi connectivity index (χ0n) is 16.7. The van der Waals surface area contributed by atoms with Gasteiger partial charge in [0.2, 0.25) is 0 Å². The Morgan fingerprint density at radius 2 is 1.54 bits per heavy atom. The number of hydrogen-bond donors (Lipinski definition) is 0. The van der Waals surface area contributed by atoms with Gasteiger partial charge in [-0.2, -0.15) is 0 Å². The molecule has 0 atom stereocenters. The SMILES string of the molecule is CCCCCCc1ccc(-c2ccc([C@H]3CC[C@H](CC)CC3)nc2)cc1. The van der Waals surface area contributed by atoms with Gasteiger partial charge in [0.1, 0.15) is 0 Å². The Morgan fingerprint density at radius 1 is 0.808 bits per heavy atom. The molecule has 26 heavy (non-hydrogen) atoms. The van der Waals surface area contributed by atoms with Gasteiger partial charge in [-0.05, 0) is 61.6 Å². The molecule has 1 aliphatic carbocycles. The molecule has 140 valence electrons. The van der Waals surface area contributed by atoms with Crippen molar-refractivity contribution in [1.29, 1.82) is 0 Å². The van der Waals surface area contributed by atoms with Gasteiger partial charge in [0.05, 0.1) is 0 Å². The summed E-state index contributed by atoms with van der Waals surface area (Å²) in [6.45, 7) is 4.60. The van der Waals surface area contributed by atoms with Crippen LogP contribution in [0, 0.1) is 5.92 Å². The molecule has 1 aliphatic rings. The third-order valence-electron chi connectivity index (χ3n) is 6.24. The van der Waals surface area contributed by atoms with Crippen LogP contribution in [0.2, 0.25) is 0 Å². The van der Waals surface area contributed by atoms with Crippen molar-refractivity contribution in [2.24, 2.45) is 5.92 Å². The second-order valence-corrected chi connectivity index (χ2v) is 8.11. The van der Waals surface area contributed by atoms with E-state index < -0.39 is 0 Å². The highest BCUT2D eigenvalue weighted by molar-refractivity contribution is 5.62. The molecule has 1 fully saturated rings. The highest BCUT2D eigenvalue weighted by Crippen LogP contribution is 2.36. The number of unbranched alkanes of at least 4 members (excludes halogenated alkanes) is 3. The van der Waals surface area contributed by atoms with E-state index in [0.717, 1.165) is 5.92 Å². The predicted octanol–water partition coefficient (Wildman–Crippen LogP) is 7.56. The maximum absolute atomic E-state index is 4.82. The average molecular weight is 350 g/mol. The van der Waals surface area contributed by atoms with Crippen LogP contribution in [-0.4, -0.2) is 4.98 Å². The van der Waals surface area contributed by atoms with Gasteiger partial charge in [-0.15, -0.1) is 0 Å². The van der Waals surface area contributed by atoms with Crippen molar-refractivity contribution in [3.05, 3.63) is 53.9 Å². The molecular weight excluding hydrogens is 314 g/mol. The normalized spacial score (nSPS) is 20.2.